The average Bonchev–Trinajstić information content (AvgIpc) is 3.04. The molecule has 0 radical (unpaired) electrons. The van der Waals surface area contributed by atoms with E-state index in [-0.39, 0.29) is 16.1 Å². The molecule has 0 unspecified atom stereocenters. The van der Waals surface area contributed by atoms with Crippen LogP contribution in [0.1, 0.15) is 25.0 Å². The van der Waals surface area contributed by atoms with Gasteiger partial charge in [-0.3, -0.25) is 0 Å². The molecule has 1 aliphatic rings. The van der Waals surface area contributed by atoms with E-state index in [1.807, 2.05) is 0 Å². The number of nitrogens with two attached hydrogens (primary N) is 1. The smallest absolute Gasteiger partial charge is 0.244 e. The molecule has 3 N–H and O–H groups in total. The first kappa shape index (κ1) is 16.0. The highest BCUT2D eigenvalue weighted by molar-refractivity contribution is 9.10. The molecule has 1 aromatic heterocycles. The molecule has 0 spiro atoms. The number of halogens is 1. The Hall–Kier alpha value is -0.410. The maximum Gasteiger partial charge on any atom is 0.244 e. The Morgan fingerprint density at radius 3 is 2.70 bits per heavy atom. The van der Waals surface area contributed by atoms with Crippen molar-refractivity contribution in [2.75, 3.05) is 26.2 Å². The van der Waals surface area contributed by atoms with Crippen molar-refractivity contribution in [1.29, 1.82) is 0 Å². The summed E-state index contributed by atoms with van der Waals surface area (Å²) in [5.41, 5.74) is 5.43. The summed E-state index contributed by atoms with van der Waals surface area (Å²) in [4.78, 5) is 2.47. The van der Waals surface area contributed by atoms with E-state index in [9.17, 15) is 8.42 Å². The minimum atomic E-state index is -3.54. The van der Waals surface area contributed by atoms with Crippen molar-refractivity contribution in [2.45, 2.75) is 30.7 Å². The van der Waals surface area contributed by atoms with Crippen molar-refractivity contribution in [3.05, 3.63) is 16.5 Å². The van der Waals surface area contributed by atoms with Crippen LogP contribution in [-0.2, 0) is 16.6 Å². The van der Waals surface area contributed by atoms with Crippen LogP contribution < -0.4 is 10.5 Å². The molecule has 1 saturated heterocycles. The van der Waals surface area contributed by atoms with Gasteiger partial charge in [-0.2, -0.15) is 0 Å². The topological polar surface area (TPSA) is 88.6 Å². The molecular weight excluding hydrogens is 346 g/mol. The van der Waals surface area contributed by atoms with E-state index in [2.05, 4.69) is 25.6 Å². The molecule has 1 aliphatic heterocycles. The van der Waals surface area contributed by atoms with E-state index >= 15 is 0 Å². The predicted molar refractivity (Wildman–Crippen MR) is 79.8 cm³/mol. The fourth-order valence-electron chi connectivity index (χ4n) is 2.27. The molecular formula is C12H20BrN3O3S. The first-order valence-electron chi connectivity index (χ1n) is 6.73. The molecule has 0 aliphatic carbocycles. The number of likely N-dealkylation sites (tertiary alicyclic amines) is 1. The number of rotatable bonds is 7. The molecule has 0 bridgehead atoms. The number of hydrogen-bond donors (Lipinski definition) is 2. The zero-order valence-electron chi connectivity index (χ0n) is 11.3. The number of furan rings is 1. The van der Waals surface area contributed by atoms with Crippen LogP contribution >= 0.6 is 15.9 Å². The Labute approximate surface area is 127 Å². The summed E-state index contributed by atoms with van der Waals surface area (Å²) in [6.07, 6.45) is 3.30. The predicted octanol–water partition coefficient (Wildman–Crippen LogP) is 1.27. The van der Waals surface area contributed by atoms with Crippen LogP contribution in [0, 0.1) is 0 Å². The van der Waals surface area contributed by atoms with Gasteiger partial charge >= 0.3 is 0 Å². The quantitative estimate of drug-likeness (QED) is 0.710. The van der Waals surface area contributed by atoms with Crippen LogP contribution in [0.15, 0.2) is 20.0 Å². The van der Waals surface area contributed by atoms with Gasteiger partial charge in [0.25, 0.3) is 0 Å². The Kier molecular flexibility index (Phi) is 5.62. The first-order valence-corrected chi connectivity index (χ1v) is 9.01. The zero-order valence-corrected chi connectivity index (χ0v) is 13.7. The van der Waals surface area contributed by atoms with E-state index in [0.29, 0.717) is 12.3 Å². The molecule has 1 fully saturated rings. The normalized spacial score (nSPS) is 16.9. The van der Waals surface area contributed by atoms with E-state index in [4.69, 9.17) is 10.2 Å². The summed E-state index contributed by atoms with van der Waals surface area (Å²) < 4.78 is 32.2. The molecule has 114 valence electrons. The lowest BCUT2D eigenvalue weighted by atomic mass is 10.4. The van der Waals surface area contributed by atoms with Gasteiger partial charge < -0.3 is 15.1 Å². The van der Waals surface area contributed by atoms with Crippen molar-refractivity contribution < 1.29 is 12.8 Å². The van der Waals surface area contributed by atoms with Gasteiger partial charge in [-0.05, 0) is 54.8 Å². The first-order chi connectivity index (χ1) is 9.53. The summed E-state index contributed by atoms with van der Waals surface area (Å²) in [5, 5.41) is 0. The summed E-state index contributed by atoms with van der Waals surface area (Å²) in [6, 6.07) is 1.45. The fraction of sp³-hybridized carbons (Fsp3) is 0.667. The molecule has 8 heteroatoms. The molecule has 0 amide bonds. The molecule has 0 saturated carbocycles. The van der Waals surface area contributed by atoms with Crippen LogP contribution in [-0.4, -0.2) is 39.5 Å². The highest BCUT2D eigenvalue weighted by Gasteiger charge is 2.21. The fourth-order valence-corrected chi connectivity index (χ4v) is 4.34. The van der Waals surface area contributed by atoms with E-state index in [0.717, 1.165) is 26.1 Å². The summed E-state index contributed by atoms with van der Waals surface area (Å²) in [5.74, 6) is 0.439. The van der Waals surface area contributed by atoms with Crippen molar-refractivity contribution in [1.82, 2.24) is 9.62 Å². The van der Waals surface area contributed by atoms with Gasteiger partial charge in [0, 0.05) is 12.6 Å². The Balaban J connectivity index is 1.85. The lowest BCUT2D eigenvalue weighted by Gasteiger charge is -2.14. The van der Waals surface area contributed by atoms with Crippen LogP contribution in [0.3, 0.4) is 0 Å². The van der Waals surface area contributed by atoms with E-state index in [1.54, 1.807) is 0 Å². The molecule has 1 aromatic rings. The van der Waals surface area contributed by atoms with Crippen LogP contribution in [0.5, 0.6) is 0 Å². The van der Waals surface area contributed by atoms with Crippen LogP contribution in [0.2, 0.25) is 0 Å². The standard InChI is InChI=1S/C12H20BrN3O3S/c13-12-11(8-10(9-14)19-12)20(17,18)15-4-3-7-16-5-1-2-6-16/h8,15H,1-7,9,14H2. The number of sulfonamides is 1. The molecule has 2 heterocycles. The summed E-state index contributed by atoms with van der Waals surface area (Å²) >= 11 is 3.11. The van der Waals surface area contributed by atoms with Gasteiger partial charge in [0.05, 0.1) is 6.54 Å². The zero-order chi connectivity index (χ0) is 14.6. The molecule has 2 rings (SSSR count). The minimum Gasteiger partial charge on any atom is -0.452 e. The van der Waals surface area contributed by atoms with Gasteiger partial charge in [0.15, 0.2) is 4.67 Å². The Bertz CT molecular complexity index is 538. The van der Waals surface area contributed by atoms with Gasteiger partial charge in [0.1, 0.15) is 10.7 Å². The number of nitrogens with zero attached hydrogens (tertiary/aromatic N) is 1. The Morgan fingerprint density at radius 1 is 1.40 bits per heavy atom. The second-order valence-corrected chi connectivity index (χ2v) is 7.31. The number of hydrogen-bond acceptors (Lipinski definition) is 5. The van der Waals surface area contributed by atoms with Crippen molar-refractivity contribution in [3.63, 3.8) is 0 Å². The molecule has 20 heavy (non-hydrogen) atoms. The second-order valence-electron chi connectivity index (χ2n) is 4.85. The summed E-state index contributed by atoms with van der Waals surface area (Å²) in [7, 11) is -3.54. The maximum atomic E-state index is 12.1. The minimum absolute atomic E-state index is 0.110. The van der Waals surface area contributed by atoms with Gasteiger partial charge in [0.2, 0.25) is 10.0 Å². The second kappa shape index (κ2) is 7.04. The van der Waals surface area contributed by atoms with Crippen LogP contribution in [0.4, 0.5) is 0 Å². The van der Waals surface area contributed by atoms with Gasteiger partial charge in [-0.25, -0.2) is 13.1 Å². The monoisotopic (exact) mass is 365 g/mol. The van der Waals surface area contributed by atoms with Crippen LogP contribution in [0.25, 0.3) is 0 Å². The third kappa shape index (κ3) is 4.05. The SMILES string of the molecule is NCc1cc(S(=O)(=O)NCCCN2CCCC2)c(Br)o1. The van der Waals surface area contributed by atoms with Crippen molar-refractivity contribution >= 4 is 26.0 Å². The molecule has 0 atom stereocenters. The average molecular weight is 366 g/mol. The third-order valence-electron chi connectivity index (χ3n) is 3.34. The highest BCUT2D eigenvalue weighted by atomic mass is 79.9. The highest BCUT2D eigenvalue weighted by Crippen LogP contribution is 2.25. The lowest BCUT2D eigenvalue weighted by Crippen LogP contribution is -2.28. The van der Waals surface area contributed by atoms with E-state index in [1.165, 1.54) is 18.9 Å². The number of nitrogens with one attached hydrogen (secondary N) is 1. The van der Waals surface area contributed by atoms with Crippen molar-refractivity contribution in [3.8, 4) is 0 Å². The lowest BCUT2D eigenvalue weighted by molar-refractivity contribution is 0.334. The van der Waals surface area contributed by atoms with Gasteiger partial charge in [-0.15, -0.1) is 0 Å². The molecule has 6 nitrogen and oxygen atoms in total. The van der Waals surface area contributed by atoms with E-state index < -0.39 is 10.0 Å². The Morgan fingerprint density at radius 2 is 2.10 bits per heavy atom. The summed E-state index contributed by atoms with van der Waals surface area (Å²) in [6.45, 7) is 3.78. The maximum absolute atomic E-state index is 12.1. The molecule has 0 aromatic carbocycles. The van der Waals surface area contributed by atoms with Crippen molar-refractivity contribution in [2.24, 2.45) is 5.73 Å². The van der Waals surface area contributed by atoms with Gasteiger partial charge in [-0.1, -0.05) is 0 Å². The third-order valence-corrected chi connectivity index (χ3v) is 5.66. The largest absolute Gasteiger partial charge is 0.452 e.